The highest BCUT2D eigenvalue weighted by Gasteiger charge is 2.30. The summed E-state index contributed by atoms with van der Waals surface area (Å²) in [6.45, 7) is 10.1. The molecule has 0 radical (unpaired) electrons. The topological polar surface area (TPSA) is 49.8 Å². The Morgan fingerprint density at radius 2 is 1.29 bits per heavy atom. The summed E-state index contributed by atoms with van der Waals surface area (Å²) in [5, 5.41) is 2.50. The van der Waals surface area contributed by atoms with Crippen LogP contribution in [0.3, 0.4) is 0 Å². The smallest absolute Gasteiger partial charge is 0.126 e. The second kappa shape index (κ2) is 13.7. The zero-order chi connectivity index (χ0) is 37.2. The Bertz CT molecular complexity index is 2660. The van der Waals surface area contributed by atoms with Gasteiger partial charge in [-0.05, 0) is 87.9 Å². The molecule has 2 aliphatic carbocycles. The third-order valence-electron chi connectivity index (χ3n) is 12.5. The minimum Gasteiger partial charge on any atom is -0.340 e. The predicted molar refractivity (Wildman–Crippen MR) is 225 cm³/mol. The lowest BCUT2D eigenvalue weighted by molar-refractivity contribution is 0.0339. The summed E-state index contributed by atoms with van der Waals surface area (Å²) in [5.74, 6) is 2.56. The highest BCUT2D eigenvalue weighted by Crippen LogP contribution is 2.48. The summed E-state index contributed by atoms with van der Waals surface area (Å²) in [5.41, 5.74) is 16.5. The molecule has 55 heavy (non-hydrogen) atoms. The molecule has 1 saturated carbocycles. The van der Waals surface area contributed by atoms with Gasteiger partial charge in [-0.2, -0.15) is 0 Å². The van der Waals surface area contributed by atoms with Crippen LogP contribution in [0.1, 0.15) is 106 Å². The molecule has 0 saturated heterocycles. The number of benzene rings is 5. The van der Waals surface area contributed by atoms with Crippen LogP contribution in [0, 0.1) is 0 Å². The number of hydrogen-bond donors (Lipinski definition) is 0. The normalized spacial score (nSPS) is 14.6. The Hall–Kier alpha value is -5.46. The lowest BCUT2D eigenvalue weighted by atomic mass is 9.88. The van der Waals surface area contributed by atoms with Crippen molar-refractivity contribution >= 4 is 32.8 Å². The first-order chi connectivity index (χ1) is 26.9. The maximum absolute atomic E-state index is 6.47. The van der Waals surface area contributed by atoms with E-state index in [9.17, 15) is 0 Å². The largest absolute Gasteiger partial charge is 0.340 e. The number of aromatic nitrogens is 5. The molecule has 8 aromatic rings. The molecule has 5 aromatic carbocycles. The fourth-order valence-corrected chi connectivity index (χ4v) is 9.49. The van der Waals surface area contributed by atoms with Crippen LogP contribution in [-0.2, 0) is 24.6 Å². The molecule has 3 heterocycles. The van der Waals surface area contributed by atoms with Crippen LogP contribution in [0.4, 0.5) is 0 Å². The molecule has 0 aliphatic heterocycles. The van der Waals surface area contributed by atoms with Crippen LogP contribution < -0.4 is 0 Å². The molecule has 3 aromatic heterocycles. The molecule has 6 heteroatoms. The first-order valence-electron chi connectivity index (χ1n) is 20.3. The van der Waals surface area contributed by atoms with Gasteiger partial charge in [-0.25, -0.2) is 9.97 Å². The van der Waals surface area contributed by atoms with Gasteiger partial charge in [-0.15, -0.1) is 0 Å². The Balaban J connectivity index is 1.03. The van der Waals surface area contributed by atoms with E-state index >= 15 is 0 Å². The van der Waals surface area contributed by atoms with Gasteiger partial charge in [-0.3, -0.25) is 0 Å². The first-order valence-corrected chi connectivity index (χ1v) is 20.3. The average molecular weight is 724 g/mol. The van der Waals surface area contributed by atoms with Gasteiger partial charge in [0.15, 0.2) is 0 Å². The average Bonchev–Trinajstić information content (AvgIpc) is 4.01. The summed E-state index contributed by atoms with van der Waals surface area (Å²) < 4.78 is 13.3. The van der Waals surface area contributed by atoms with Crippen LogP contribution in [0.25, 0.3) is 60.8 Å². The summed E-state index contributed by atoms with van der Waals surface area (Å²) in [6, 6.07) is 33.6. The van der Waals surface area contributed by atoms with E-state index in [1.807, 2.05) is 12.5 Å². The van der Waals surface area contributed by atoms with Crippen molar-refractivity contribution in [3.8, 4) is 27.9 Å². The maximum Gasteiger partial charge on any atom is 0.126 e. The lowest BCUT2D eigenvalue weighted by Crippen LogP contribution is -2.12. The second-order valence-electron chi connectivity index (χ2n) is 16.4. The highest BCUT2D eigenvalue weighted by atomic mass is 16.5. The Labute approximate surface area is 323 Å². The van der Waals surface area contributed by atoms with Crippen molar-refractivity contribution in [1.29, 1.82) is 0 Å². The SMILES string of the molecule is CC(C)c1cc2c(c(-c3cccc4c3ncn4COCn3c4ccccc4c4ccccc43)c1)Cc1c-2cc(C(C)C)cc1-n1ccnc1C1CCCCC1. The second-order valence-corrected chi connectivity index (χ2v) is 16.4. The standard InChI is InChI=1S/C49H49N5O/c1-31(2)34-23-39(42-27-43-41(40(42)24-34)25-35(32(3)4)26-47(43)53-22-21-50-49(53)33-13-6-5-7-14-33)38-17-12-20-46-48(38)51-28-52(46)29-55-30-54-44-18-10-8-15-36(44)37-16-9-11-19-45(37)54/h8-12,15-26,28,31-33H,5-7,13-14,27,29-30H2,1-4H3. The van der Waals surface area contributed by atoms with Gasteiger partial charge in [-0.1, -0.05) is 114 Å². The summed E-state index contributed by atoms with van der Waals surface area (Å²) in [6.07, 6.45) is 13.4. The minimum atomic E-state index is 0.387. The van der Waals surface area contributed by atoms with E-state index in [0.717, 1.165) is 17.5 Å². The zero-order valence-electron chi connectivity index (χ0n) is 32.4. The van der Waals surface area contributed by atoms with E-state index in [0.29, 0.717) is 31.2 Å². The van der Waals surface area contributed by atoms with Crippen LogP contribution in [0.2, 0.25) is 0 Å². The quantitative estimate of drug-likeness (QED) is 0.149. The Kier molecular flexibility index (Phi) is 8.47. The fourth-order valence-electron chi connectivity index (χ4n) is 9.49. The van der Waals surface area contributed by atoms with Gasteiger partial charge in [0, 0.05) is 41.1 Å². The van der Waals surface area contributed by atoms with E-state index in [2.05, 4.69) is 139 Å². The van der Waals surface area contributed by atoms with Crippen molar-refractivity contribution in [2.24, 2.45) is 0 Å². The lowest BCUT2D eigenvalue weighted by Gasteiger charge is -2.24. The molecule has 2 aliphatic rings. The maximum atomic E-state index is 6.47. The van der Waals surface area contributed by atoms with Gasteiger partial charge in [0.05, 0.1) is 34.1 Å². The Morgan fingerprint density at radius 3 is 2.00 bits per heavy atom. The zero-order valence-corrected chi connectivity index (χ0v) is 32.4. The number of fused-ring (bicyclic) bond motifs is 7. The molecule has 0 bridgehead atoms. The van der Waals surface area contributed by atoms with Gasteiger partial charge >= 0.3 is 0 Å². The van der Waals surface area contributed by atoms with Gasteiger partial charge in [0.1, 0.15) is 19.3 Å². The monoisotopic (exact) mass is 723 g/mol. The molecule has 0 amide bonds. The van der Waals surface area contributed by atoms with Gasteiger partial charge in [0.2, 0.25) is 0 Å². The number of rotatable bonds is 9. The van der Waals surface area contributed by atoms with Crippen molar-refractivity contribution in [2.75, 3.05) is 0 Å². The van der Waals surface area contributed by atoms with Gasteiger partial charge in [0.25, 0.3) is 0 Å². The van der Waals surface area contributed by atoms with Crippen LogP contribution in [0.15, 0.2) is 110 Å². The van der Waals surface area contributed by atoms with Crippen molar-refractivity contribution < 1.29 is 4.74 Å². The summed E-state index contributed by atoms with van der Waals surface area (Å²) in [4.78, 5) is 10.1. The molecule has 1 fully saturated rings. The third-order valence-corrected chi connectivity index (χ3v) is 12.5. The van der Waals surface area contributed by atoms with E-state index in [1.165, 1.54) is 110 Å². The van der Waals surface area contributed by atoms with Crippen LogP contribution >= 0.6 is 0 Å². The molecule has 0 unspecified atom stereocenters. The van der Waals surface area contributed by atoms with E-state index < -0.39 is 0 Å². The number of hydrogen-bond acceptors (Lipinski definition) is 3. The molecule has 10 rings (SSSR count). The third kappa shape index (κ3) is 5.72. The van der Waals surface area contributed by atoms with E-state index in [-0.39, 0.29) is 0 Å². The van der Waals surface area contributed by atoms with E-state index in [1.54, 1.807) is 0 Å². The minimum absolute atomic E-state index is 0.387. The van der Waals surface area contributed by atoms with E-state index in [4.69, 9.17) is 14.7 Å². The number of ether oxygens (including phenoxy) is 1. The first kappa shape index (κ1) is 34.1. The number of nitrogens with zero attached hydrogens (tertiary/aromatic N) is 5. The van der Waals surface area contributed by atoms with Crippen molar-refractivity contribution in [2.45, 2.75) is 97.4 Å². The summed E-state index contributed by atoms with van der Waals surface area (Å²) in [7, 11) is 0. The van der Waals surface area contributed by atoms with Crippen molar-refractivity contribution in [3.05, 3.63) is 138 Å². The molecule has 0 N–H and O–H groups in total. The highest BCUT2D eigenvalue weighted by molar-refractivity contribution is 6.08. The van der Waals surface area contributed by atoms with Crippen molar-refractivity contribution in [3.63, 3.8) is 0 Å². The Morgan fingerprint density at radius 1 is 0.655 bits per heavy atom. The number of imidazole rings is 2. The fraction of sp³-hybridized carbons (Fsp3) is 0.306. The molecule has 0 atom stereocenters. The predicted octanol–water partition coefficient (Wildman–Crippen LogP) is 12.5. The molecule has 0 spiro atoms. The molecule has 6 nitrogen and oxygen atoms in total. The summed E-state index contributed by atoms with van der Waals surface area (Å²) >= 11 is 0. The van der Waals surface area contributed by atoms with Crippen LogP contribution in [-0.4, -0.2) is 23.7 Å². The molecular formula is C49H49N5O. The number of para-hydroxylation sites is 3. The molecule has 276 valence electrons. The van der Waals surface area contributed by atoms with Gasteiger partial charge < -0.3 is 18.4 Å². The molecular weight excluding hydrogens is 675 g/mol. The van der Waals surface area contributed by atoms with Crippen molar-refractivity contribution in [1.82, 2.24) is 23.7 Å². The van der Waals surface area contributed by atoms with Crippen LogP contribution in [0.5, 0.6) is 0 Å².